The monoisotopic (exact) mass is 354 g/mol. The van der Waals surface area contributed by atoms with Gasteiger partial charge in [-0.3, -0.25) is 9.55 Å². The molecule has 0 amide bonds. The van der Waals surface area contributed by atoms with E-state index in [1.807, 2.05) is 22.8 Å². The molecule has 1 saturated heterocycles. The molecule has 2 N–H and O–H groups in total. The second-order valence-corrected chi connectivity index (χ2v) is 6.37. The molecule has 4 rings (SSSR count). The molecular formula is C18H22N6O2. The van der Waals surface area contributed by atoms with Crippen LogP contribution in [0.2, 0.25) is 0 Å². The minimum Gasteiger partial charge on any atom is -0.497 e. The molecule has 0 unspecified atom stereocenters. The summed E-state index contributed by atoms with van der Waals surface area (Å²) in [6, 6.07) is 6.45. The SMILES string of the molecule is COC[C@@H]1C[C@@H](Nc2cncc(-n3cnc4ccc(OC)cc43)n2)CN1. The lowest BCUT2D eigenvalue weighted by Crippen LogP contribution is -2.26. The van der Waals surface area contributed by atoms with E-state index < -0.39 is 0 Å². The zero-order valence-corrected chi connectivity index (χ0v) is 14.8. The second-order valence-electron chi connectivity index (χ2n) is 6.37. The van der Waals surface area contributed by atoms with E-state index in [9.17, 15) is 0 Å². The first-order valence-electron chi connectivity index (χ1n) is 8.59. The summed E-state index contributed by atoms with van der Waals surface area (Å²) < 4.78 is 12.4. The highest BCUT2D eigenvalue weighted by molar-refractivity contribution is 5.78. The molecule has 0 radical (unpaired) electrons. The highest BCUT2D eigenvalue weighted by Crippen LogP contribution is 2.22. The summed E-state index contributed by atoms with van der Waals surface area (Å²) in [7, 11) is 3.38. The van der Waals surface area contributed by atoms with E-state index in [4.69, 9.17) is 14.5 Å². The van der Waals surface area contributed by atoms with Crippen molar-refractivity contribution < 1.29 is 9.47 Å². The van der Waals surface area contributed by atoms with Gasteiger partial charge in [-0.1, -0.05) is 0 Å². The number of nitrogens with one attached hydrogen (secondary N) is 2. The van der Waals surface area contributed by atoms with Gasteiger partial charge in [0.2, 0.25) is 0 Å². The number of nitrogens with zero attached hydrogens (tertiary/aromatic N) is 4. The standard InChI is InChI=1S/C18H22N6O2/c1-25-10-13-5-12(7-20-13)22-17-8-19-9-18(23-17)24-11-21-15-4-3-14(26-2)6-16(15)24/h3-4,6,8-9,11-13,20H,5,7,10H2,1-2H3,(H,22,23)/t12-,13+/m1/s1. The Hall–Kier alpha value is -2.71. The molecule has 1 aromatic carbocycles. The number of aromatic nitrogens is 4. The molecule has 1 aliphatic heterocycles. The van der Waals surface area contributed by atoms with E-state index in [0.29, 0.717) is 24.5 Å². The number of hydrogen-bond donors (Lipinski definition) is 2. The molecule has 2 atom stereocenters. The van der Waals surface area contributed by atoms with Crippen LogP contribution in [0.15, 0.2) is 36.9 Å². The summed E-state index contributed by atoms with van der Waals surface area (Å²) in [5, 5.41) is 6.89. The predicted molar refractivity (Wildman–Crippen MR) is 98.9 cm³/mol. The molecule has 0 aliphatic carbocycles. The van der Waals surface area contributed by atoms with Gasteiger partial charge in [-0.25, -0.2) is 9.97 Å². The number of ether oxygens (including phenoxy) is 2. The quantitative estimate of drug-likeness (QED) is 0.695. The average Bonchev–Trinajstić information content (AvgIpc) is 3.28. The van der Waals surface area contributed by atoms with Crippen LogP contribution in [0.1, 0.15) is 6.42 Å². The topological polar surface area (TPSA) is 86.1 Å². The fourth-order valence-electron chi connectivity index (χ4n) is 3.30. The number of fused-ring (bicyclic) bond motifs is 1. The highest BCUT2D eigenvalue weighted by atomic mass is 16.5. The molecular weight excluding hydrogens is 332 g/mol. The van der Waals surface area contributed by atoms with Gasteiger partial charge in [0.1, 0.15) is 17.9 Å². The first-order chi connectivity index (χ1) is 12.8. The molecule has 0 saturated carbocycles. The van der Waals surface area contributed by atoms with Crippen molar-refractivity contribution in [1.29, 1.82) is 0 Å². The molecule has 0 spiro atoms. The third-order valence-corrected chi connectivity index (χ3v) is 4.56. The molecule has 1 fully saturated rings. The van der Waals surface area contributed by atoms with E-state index >= 15 is 0 Å². The minimum atomic E-state index is 0.305. The number of methoxy groups -OCH3 is 2. The molecule has 136 valence electrons. The maximum Gasteiger partial charge on any atom is 0.159 e. The van der Waals surface area contributed by atoms with Gasteiger partial charge in [0, 0.05) is 31.8 Å². The Balaban J connectivity index is 1.56. The van der Waals surface area contributed by atoms with Gasteiger partial charge in [0.15, 0.2) is 5.82 Å². The van der Waals surface area contributed by atoms with Crippen LogP contribution in [-0.2, 0) is 4.74 Å². The van der Waals surface area contributed by atoms with Crippen molar-refractivity contribution in [1.82, 2.24) is 24.8 Å². The number of imidazole rings is 1. The molecule has 2 aromatic heterocycles. The van der Waals surface area contributed by atoms with Gasteiger partial charge in [-0.15, -0.1) is 0 Å². The molecule has 3 heterocycles. The van der Waals surface area contributed by atoms with E-state index in [-0.39, 0.29) is 0 Å². The van der Waals surface area contributed by atoms with E-state index in [2.05, 4.69) is 20.6 Å². The van der Waals surface area contributed by atoms with Crippen molar-refractivity contribution in [2.75, 3.05) is 32.7 Å². The highest BCUT2D eigenvalue weighted by Gasteiger charge is 2.24. The Morgan fingerprint density at radius 1 is 1.31 bits per heavy atom. The lowest BCUT2D eigenvalue weighted by atomic mass is 10.2. The van der Waals surface area contributed by atoms with Crippen LogP contribution >= 0.6 is 0 Å². The van der Waals surface area contributed by atoms with Crippen molar-refractivity contribution in [2.24, 2.45) is 0 Å². The van der Waals surface area contributed by atoms with Crippen molar-refractivity contribution in [3.05, 3.63) is 36.9 Å². The lowest BCUT2D eigenvalue weighted by molar-refractivity contribution is 0.173. The normalized spacial score (nSPS) is 19.8. The van der Waals surface area contributed by atoms with Crippen molar-refractivity contribution in [3.8, 4) is 11.6 Å². The Morgan fingerprint density at radius 2 is 2.23 bits per heavy atom. The van der Waals surface area contributed by atoms with Crippen molar-refractivity contribution in [2.45, 2.75) is 18.5 Å². The average molecular weight is 354 g/mol. The van der Waals surface area contributed by atoms with E-state index in [1.165, 1.54) is 0 Å². The van der Waals surface area contributed by atoms with Crippen LogP contribution in [0.25, 0.3) is 16.9 Å². The summed E-state index contributed by atoms with van der Waals surface area (Å²) >= 11 is 0. The maximum absolute atomic E-state index is 5.32. The Morgan fingerprint density at radius 3 is 3.08 bits per heavy atom. The van der Waals surface area contributed by atoms with Crippen LogP contribution < -0.4 is 15.4 Å². The van der Waals surface area contributed by atoms with Gasteiger partial charge in [0.05, 0.1) is 37.1 Å². The second kappa shape index (κ2) is 7.27. The zero-order valence-electron chi connectivity index (χ0n) is 14.8. The smallest absolute Gasteiger partial charge is 0.159 e. The number of hydrogen-bond acceptors (Lipinski definition) is 7. The van der Waals surface area contributed by atoms with Crippen LogP contribution in [0.5, 0.6) is 5.75 Å². The van der Waals surface area contributed by atoms with Crippen LogP contribution in [-0.4, -0.2) is 59.0 Å². The Kier molecular flexibility index (Phi) is 4.68. The first kappa shape index (κ1) is 16.7. The molecule has 0 bridgehead atoms. The molecule has 8 nitrogen and oxygen atoms in total. The largest absolute Gasteiger partial charge is 0.497 e. The number of anilines is 1. The van der Waals surface area contributed by atoms with Gasteiger partial charge in [-0.05, 0) is 18.6 Å². The first-order valence-corrected chi connectivity index (χ1v) is 8.59. The minimum absolute atomic E-state index is 0.305. The fraction of sp³-hybridized carbons (Fsp3) is 0.389. The van der Waals surface area contributed by atoms with Gasteiger partial charge in [-0.2, -0.15) is 0 Å². The van der Waals surface area contributed by atoms with E-state index in [0.717, 1.165) is 35.6 Å². The molecule has 1 aliphatic rings. The summed E-state index contributed by atoms with van der Waals surface area (Å²) in [6.07, 6.45) is 6.22. The third-order valence-electron chi connectivity index (χ3n) is 4.56. The predicted octanol–water partition coefficient (Wildman–Crippen LogP) is 1.61. The van der Waals surface area contributed by atoms with E-state index in [1.54, 1.807) is 32.9 Å². The van der Waals surface area contributed by atoms with Crippen LogP contribution in [0, 0.1) is 0 Å². The summed E-state index contributed by atoms with van der Waals surface area (Å²) in [4.78, 5) is 13.5. The Labute approximate surface area is 151 Å². The number of benzene rings is 1. The number of rotatable bonds is 6. The summed E-state index contributed by atoms with van der Waals surface area (Å²) in [5.41, 5.74) is 1.81. The fourth-order valence-corrected chi connectivity index (χ4v) is 3.30. The summed E-state index contributed by atoms with van der Waals surface area (Å²) in [5.74, 6) is 2.24. The van der Waals surface area contributed by atoms with Crippen LogP contribution in [0.4, 0.5) is 5.82 Å². The van der Waals surface area contributed by atoms with Gasteiger partial charge < -0.3 is 20.1 Å². The maximum atomic E-state index is 5.32. The summed E-state index contributed by atoms with van der Waals surface area (Å²) in [6.45, 7) is 1.60. The van der Waals surface area contributed by atoms with Crippen molar-refractivity contribution >= 4 is 16.9 Å². The molecule has 3 aromatic rings. The van der Waals surface area contributed by atoms with Gasteiger partial charge >= 0.3 is 0 Å². The Bertz CT molecular complexity index is 896. The van der Waals surface area contributed by atoms with Crippen LogP contribution in [0.3, 0.4) is 0 Å². The zero-order chi connectivity index (χ0) is 17.9. The van der Waals surface area contributed by atoms with Gasteiger partial charge in [0.25, 0.3) is 0 Å². The molecule has 26 heavy (non-hydrogen) atoms. The lowest BCUT2D eigenvalue weighted by Gasteiger charge is -2.13. The van der Waals surface area contributed by atoms with Crippen molar-refractivity contribution in [3.63, 3.8) is 0 Å². The third kappa shape index (κ3) is 3.33. The molecule has 8 heteroatoms.